The number of hydrogen-bond acceptors (Lipinski definition) is 7. The van der Waals surface area contributed by atoms with Gasteiger partial charge in [0.1, 0.15) is 30.3 Å². The second kappa shape index (κ2) is 10.4. The van der Waals surface area contributed by atoms with Gasteiger partial charge in [-0.15, -0.1) is 0 Å². The van der Waals surface area contributed by atoms with Crippen LogP contribution in [-0.4, -0.2) is 46.3 Å². The highest BCUT2D eigenvalue weighted by Crippen LogP contribution is 2.31. The molecule has 0 atom stereocenters. The van der Waals surface area contributed by atoms with Gasteiger partial charge in [0.05, 0.1) is 23.7 Å². The fourth-order valence-electron chi connectivity index (χ4n) is 2.77. The van der Waals surface area contributed by atoms with Gasteiger partial charge < -0.3 is 25.0 Å². The van der Waals surface area contributed by atoms with Crippen molar-refractivity contribution in [3.05, 3.63) is 63.2 Å². The Hall–Kier alpha value is -3.72. The van der Waals surface area contributed by atoms with Crippen molar-refractivity contribution in [1.82, 2.24) is 4.90 Å². The molecule has 0 heterocycles. The van der Waals surface area contributed by atoms with Crippen LogP contribution in [0, 0.1) is 29.6 Å². The lowest BCUT2D eigenvalue weighted by Crippen LogP contribution is -2.32. The fraction of sp³-hybridized carbons (Fsp3) is 0.227. The lowest BCUT2D eigenvalue weighted by molar-refractivity contribution is -0.125. The molecule has 3 N–H and O–H groups in total. The lowest BCUT2D eigenvalue weighted by Gasteiger charge is -2.19. The molecule has 0 unspecified atom stereocenters. The van der Waals surface area contributed by atoms with Crippen molar-refractivity contribution in [2.24, 2.45) is 0 Å². The summed E-state index contributed by atoms with van der Waals surface area (Å²) >= 11 is 5.85. The second-order valence-corrected chi connectivity index (χ2v) is 6.99. The summed E-state index contributed by atoms with van der Waals surface area (Å²) in [5.74, 6) is -1.40. The van der Waals surface area contributed by atoms with Gasteiger partial charge in [-0.05, 0) is 30.7 Å². The number of benzene rings is 2. The number of nitriles is 2. The third kappa shape index (κ3) is 5.26. The molecule has 2 aromatic rings. The van der Waals surface area contributed by atoms with Crippen LogP contribution in [0.15, 0.2) is 35.9 Å². The SMILES string of the molecule is Cc1cccc(OCCN(C)C(=O)/C(C#N)=C(\O)c2cc(Cl)c(O)c(C#N)c2)c1CO. The molecule has 9 heteroatoms. The van der Waals surface area contributed by atoms with E-state index in [0.717, 1.165) is 17.7 Å². The largest absolute Gasteiger partial charge is 0.506 e. The Kier molecular flexibility index (Phi) is 7.87. The average molecular weight is 442 g/mol. The number of phenolic OH excluding ortho intramolecular Hbond substituents is 1. The van der Waals surface area contributed by atoms with Crippen LogP contribution >= 0.6 is 11.6 Å². The molecule has 1 amide bonds. The summed E-state index contributed by atoms with van der Waals surface area (Å²) < 4.78 is 5.65. The summed E-state index contributed by atoms with van der Waals surface area (Å²) in [6, 6.07) is 11.0. The van der Waals surface area contributed by atoms with Crippen molar-refractivity contribution in [1.29, 1.82) is 10.5 Å². The lowest BCUT2D eigenvalue weighted by atomic mass is 10.0. The maximum atomic E-state index is 12.7. The number of aromatic hydroxyl groups is 1. The summed E-state index contributed by atoms with van der Waals surface area (Å²) in [4.78, 5) is 13.8. The zero-order valence-corrected chi connectivity index (χ0v) is 17.6. The number of likely N-dealkylation sites (N-methyl/N-ethyl adjacent to an activating group) is 1. The Morgan fingerprint density at radius 3 is 2.61 bits per heavy atom. The number of halogens is 1. The van der Waals surface area contributed by atoms with Gasteiger partial charge in [0.2, 0.25) is 0 Å². The predicted octanol–water partition coefficient (Wildman–Crippen LogP) is 3.05. The number of aliphatic hydroxyl groups is 2. The minimum atomic E-state index is -0.766. The molecular formula is C22H20ClN3O5. The van der Waals surface area contributed by atoms with E-state index in [1.165, 1.54) is 11.9 Å². The standard InChI is InChI=1S/C22H20ClN3O5/c1-13-4-3-5-19(17(13)12-27)31-7-6-26(2)22(30)16(11-25)20(28)14-8-15(10-24)21(29)18(23)9-14/h3-5,8-9,27-29H,6-7,12H2,1-2H3/b20-16-. The Morgan fingerprint density at radius 2 is 2.00 bits per heavy atom. The minimum absolute atomic E-state index is 0.0544. The Labute approximate surface area is 184 Å². The number of carbonyl (C=O) groups is 1. The Morgan fingerprint density at radius 1 is 1.29 bits per heavy atom. The number of aliphatic hydroxyl groups excluding tert-OH is 2. The summed E-state index contributed by atoms with van der Waals surface area (Å²) in [6.45, 7) is 1.83. The van der Waals surface area contributed by atoms with Crippen LogP contribution in [-0.2, 0) is 11.4 Å². The molecular weight excluding hydrogens is 422 g/mol. The number of carbonyl (C=O) groups excluding carboxylic acids is 1. The van der Waals surface area contributed by atoms with Crippen molar-refractivity contribution in [3.63, 3.8) is 0 Å². The van der Waals surface area contributed by atoms with Crippen LogP contribution in [0.1, 0.15) is 22.3 Å². The molecule has 0 bridgehead atoms. The molecule has 8 nitrogen and oxygen atoms in total. The number of rotatable bonds is 7. The smallest absolute Gasteiger partial charge is 0.268 e. The molecule has 0 spiro atoms. The van der Waals surface area contributed by atoms with E-state index >= 15 is 0 Å². The summed E-state index contributed by atoms with van der Waals surface area (Å²) in [7, 11) is 1.43. The van der Waals surface area contributed by atoms with E-state index in [-0.39, 0.29) is 35.9 Å². The number of phenols is 1. The van der Waals surface area contributed by atoms with Crippen molar-refractivity contribution in [2.45, 2.75) is 13.5 Å². The molecule has 0 aliphatic rings. The minimum Gasteiger partial charge on any atom is -0.506 e. The van der Waals surface area contributed by atoms with Gasteiger partial charge in [-0.25, -0.2) is 0 Å². The molecule has 2 rings (SSSR count). The average Bonchev–Trinajstić information content (AvgIpc) is 2.75. The highest BCUT2D eigenvalue weighted by atomic mass is 35.5. The molecule has 0 aromatic heterocycles. The number of amides is 1. The van der Waals surface area contributed by atoms with Gasteiger partial charge in [-0.1, -0.05) is 23.7 Å². The van der Waals surface area contributed by atoms with Gasteiger partial charge >= 0.3 is 0 Å². The molecule has 2 aromatic carbocycles. The van der Waals surface area contributed by atoms with Gasteiger partial charge in [-0.3, -0.25) is 4.79 Å². The molecule has 160 valence electrons. The monoisotopic (exact) mass is 441 g/mol. The van der Waals surface area contributed by atoms with Crippen LogP contribution in [0.5, 0.6) is 11.5 Å². The molecule has 0 saturated carbocycles. The second-order valence-electron chi connectivity index (χ2n) is 6.59. The molecule has 0 aliphatic heterocycles. The van der Waals surface area contributed by atoms with Gasteiger partial charge in [0.25, 0.3) is 5.91 Å². The number of ether oxygens (including phenoxy) is 1. The normalized spacial score (nSPS) is 11.2. The zero-order chi connectivity index (χ0) is 23.1. The van der Waals surface area contributed by atoms with E-state index in [0.29, 0.717) is 11.3 Å². The van der Waals surface area contributed by atoms with Crippen molar-refractivity contribution < 1.29 is 24.9 Å². The number of hydrogen-bond donors (Lipinski definition) is 3. The summed E-state index contributed by atoms with van der Waals surface area (Å²) in [6.07, 6.45) is 0. The van der Waals surface area contributed by atoms with Gasteiger partial charge in [-0.2, -0.15) is 10.5 Å². The topological polar surface area (TPSA) is 138 Å². The molecule has 0 aliphatic carbocycles. The van der Waals surface area contributed by atoms with Crippen LogP contribution in [0.2, 0.25) is 5.02 Å². The predicted molar refractivity (Wildman–Crippen MR) is 113 cm³/mol. The molecule has 0 fully saturated rings. The van der Waals surface area contributed by atoms with Gasteiger partial charge in [0.15, 0.2) is 11.3 Å². The first-order valence-corrected chi connectivity index (χ1v) is 9.46. The first-order chi connectivity index (χ1) is 14.7. The number of nitrogens with zero attached hydrogens (tertiary/aromatic N) is 3. The summed E-state index contributed by atoms with van der Waals surface area (Å²) in [5.41, 5.74) is 0.692. The van der Waals surface area contributed by atoms with E-state index in [1.807, 2.05) is 13.0 Å². The molecule has 31 heavy (non-hydrogen) atoms. The van der Waals surface area contributed by atoms with E-state index in [9.17, 15) is 25.4 Å². The number of aryl methyl sites for hydroxylation is 1. The highest BCUT2D eigenvalue weighted by molar-refractivity contribution is 6.32. The Bertz CT molecular complexity index is 1120. The van der Waals surface area contributed by atoms with Crippen LogP contribution in [0.3, 0.4) is 0 Å². The first kappa shape index (κ1) is 23.6. The fourth-order valence-corrected chi connectivity index (χ4v) is 2.98. The van der Waals surface area contributed by atoms with Crippen molar-refractivity contribution in [3.8, 4) is 23.6 Å². The Balaban J connectivity index is 2.18. The molecule has 0 saturated heterocycles. The third-order valence-corrected chi connectivity index (χ3v) is 4.86. The quantitative estimate of drug-likeness (QED) is 0.341. The van der Waals surface area contributed by atoms with Crippen LogP contribution < -0.4 is 4.74 Å². The van der Waals surface area contributed by atoms with E-state index in [4.69, 9.17) is 21.6 Å². The van der Waals surface area contributed by atoms with Crippen LogP contribution in [0.4, 0.5) is 0 Å². The maximum absolute atomic E-state index is 12.7. The van der Waals surface area contributed by atoms with E-state index < -0.39 is 23.0 Å². The van der Waals surface area contributed by atoms with Gasteiger partial charge in [0, 0.05) is 18.2 Å². The van der Waals surface area contributed by atoms with Crippen molar-refractivity contribution >= 4 is 23.3 Å². The van der Waals surface area contributed by atoms with E-state index in [1.54, 1.807) is 24.3 Å². The molecule has 0 radical (unpaired) electrons. The third-order valence-electron chi connectivity index (χ3n) is 4.58. The van der Waals surface area contributed by atoms with Crippen molar-refractivity contribution in [2.75, 3.05) is 20.2 Å². The first-order valence-electron chi connectivity index (χ1n) is 9.09. The zero-order valence-electron chi connectivity index (χ0n) is 16.9. The maximum Gasteiger partial charge on any atom is 0.268 e. The highest BCUT2D eigenvalue weighted by Gasteiger charge is 2.22. The van der Waals surface area contributed by atoms with E-state index in [2.05, 4.69) is 0 Å². The van der Waals surface area contributed by atoms with Crippen LogP contribution in [0.25, 0.3) is 5.76 Å². The summed E-state index contributed by atoms with van der Waals surface area (Å²) in [5, 5.41) is 47.9.